The van der Waals surface area contributed by atoms with Gasteiger partial charge in [-0.25, -0.2) is 0 Å². The van der Waals surface area contributed by atoms with Crippen LogP contribution in [0.25, 0.3) is 0 Å². The quantitative estimate of drug-likeness (QED) is 0.577. The molecule has 0 bridgehead atoms. The molecule has 0 aromatic rings. The average molecular weight is 346 g/mol. The Morgan fingerprint density at radius 3 is 2.17 bits per heavy atom. The largest absolute Gasteiger partial charge is 0.377 e. The van der Waals surface area contributed by atoms with Crippen LogP contribution >= 0.6 is 0 Å². The van der Waals surface area contributed by atoms with Crippen molar-refractivity contribution in [3.8, 4) is 0 Å². The zero-order chi connectivity index (χ0) is 17.5. The Kier molecular flexibility index (Phi) is 4.84. The highest BCUT2D eigenvalue weighted by atomic mass is 19.3. The number of rotatable bonds is 2. The van der Waals surface area contributed by atoms with Crippen molar-refractivity contribution in [1.29, 1.82) is 0 Å². The molecule has 3 aliphatic rings. The van der Waals surface area contributed by atoms with Gasteiger partial charge in [0.05, 0.1) is 12.7 Å². The van der Waals surface area contributed by atoms with E-state index in [1.165, 1.54) is 18.9 Å². The summed E-state index contributed by atoms with van der Waals surface area (Å²) >= 11 is 0. The summed E-state index contributed by atoms with van der Waals surface area (Å²) in [5.74, 6) is -7.60. The van der Waals surface area contributed by atoms with Crippen molar-refractivity contribution in [3.05, 3.63) is 23.3 Å². The van der Waals surface area contributed by atoms with Crippen molar-refractivity contribution in [2.75, 3.05) is 6.61 Å². The van der Waals surface area contributed by atoms with Crippen LogP contribution in [0.4, 0.5) is 17.6 Å². The van der Waals surface area contributed by atoms with Crippen molar-refractivity contribution < 1.29 is 22.3 Å². The van der Waals surface area contributed by atoms with Crippen LogP contribution < -0.4 is 0 Å². The molecule has 24 heavy (non-hydrogen) atoms. The molecule has 1 heterocycles. The summed E-state index contributed by atoms with van der Waals surface area (Å²) in [4.78, 5) is 0. The Balaban J connectivity index is 1.64. The van der Waals surface area contributed by atoms with E-state index in [1.54, 1.807) is 0 Å². The lowest BCUT2D eigenvalue weighted by molar-refractivity contribution is -0.172. The summed E-state index contributed by atoms with van der Waals surface area (Å²) < 4.78 is 62.2. The maximum Gasteiger partial charge on any atom is 0.336 e. The van der Waals surface area contributed by atoms with Crippen molar-refractivity contribution in [1.82, 2.24) is 0 Å². The van der Waals surface area contributed by atoms with E-state index >= 15 is 0 Å². The first-order valence-electron chi connectivity index (χ1n) is 9.00. The number of ether oxygens (including phenoxy) is 1. The highest BCUT2D eigenvalue weighted by Crippen LogP contribution is 2.50. The van der Waals surface area contributed by atoms with E-state index in [2.05, 4.69) is 6.92 Å². The molecule has 0 spiro atoms. The molecule has 0 radical (unpaired) electrons. The molecular weight excluding hydrogens is 320 g/mol. The summed E-state index contributed by atoms with van der Waals surface area (Å²) in [6, 6.07) is 0. The molecule has 2 aliphatic carbocycles. The van der Waals surface area contributed by atoms with Crippen LogP contribution in [0.2, 0.25) is 0 Å². The molecule has 5 heteroatoms. The average Bonchev–Trinajstić information content (AvgIpc) is 2.54. The second-order valence-corrected chi connectivity index (χ2v) is 7.79. The van der Waals surface area contributed by atoms with Crippen LogP contribution in [0.5, 0.6) is 0 Å². The number of hydrogen-bond donors (Lipinski definition) is 0. The molecule has 0 N–H and O–H groups in total. The van der Waals surface area contributed by atoms with Gasteiger partial charge in [0.2, 0.25) is 0 Å². The van der Waals surface area contributed by atoms with E-state index in [-0.39, 0.29) is 12.7 Å². The lowest BCUT2D eigenvalue weighted by atomic mass is 9.76. The fourth-order valence-electron chi connectivity index (χ4n) is 4.29. The number of halogens is 4. The Morgan fingerprint density at radius 1 is 0.917 bits per heavy atom. The third kappa shape index (κ3) is 3.04. The summed E-state index contributed by atoms with van der Waals surface area (Å²) in [6.45, 7) is 3.43. The Hall–Kier alpha value is -0.840. The van der Waals surface area contributed by atoms with Gasteiger partial charge in [0, 0.05) is 17.1 Å². The van der Waals surface area contributed by atoms with Crippen molar-refractivity contribution in [2.45, 2.75) is 70.3 Å². The highest BCUT2D eigenvalue weighted by Gasteiger charge is 2.62. The van der Waals surface area contributed by atoms with Gasteiger partial charge in [-0.1, -0.05) is 31.9 Å². The molecule has 0 amide bonds. The third-order valence-corrected chi connectivity index (χ3v) is 6.10. The van der Waals surface area contributed by atoms with Crippen molar-refractivity contribution >= 4 is 0 Å². The second-order valence-electron chi connectivity index (χ2n) is 7.79. The molecule has 2 fully saturated rings. The topological polar surface area (TPSA) is 9.23 Å². The Bertz CT molecular complexity index is 521. The lowest BCUT2D eigenvalue weighted by Gasteiger charge is -2.40. The zero-order valence-corrected chi connectivity index (χ0v) is 14.3. The van der Waals surface area contributed by atoms with E-state index in [1.807, 2.05) is 0 Å². The minimum atomic E-state index is -4.12. The van der Waals surface area contributed by atoms with Gasteiger partial charge in [0.1, 0.15) is 0 Å². The van der Waals surface area contributed by atoms with E-state index in [9.17, 15) is 17.6 Å². The van der Waals surface area contributed by atoms with E-state index in [0.717, 1.165) is 31.8 Å². The van der Waals surface area contributed by atoms with Crippen LogP contribution in [0, 0.1) is 17.8 Å². The van der Waals surface area contributed by atoms with Gasteiger partial charge < -0.3 is 4.74 Å². The van der Waals surface area contributed by atoms with Crippen LogP contribution in [0.15, 0.2) is 23.3 Å². The molecule has 136 valence electrons. The predicted octanol–water partition coefficient (Wildman–Crippen LogP) is 5.76. The van der Waals surface area contributed by atoms with Crippen LogP contribution in [0.3, 0.4) is 0 Å². The molecular formula is C19H26F4O. The summed E-state index contributed by atoms with van der Waals surface area (Å²) in [5, 5.41) is 0. The fourth-order valence-corrected chi connectivity index (χ4v) is 4.29. The van der Waals surface area contributed by atoms with Crippen molar-refractivity contribution in [3.63, 3.8) is 0 Å². The first-order valence-corrected chi connectivity index (χ1v) is 9.00. The molecule has 1 nitrogen and oxygen atoms in total. The third-order valence-electron chi connectivity index (χ3n) is 6.10. The monoisotopic (exact) mass is 346 g/mol. The number of allylic oxidation sites excluding steroid dienone is 3. The van der Waals surface area contributed by atoms with E-state index < -0.39 is 28.9 Å². The maximum atomic E-state index is 14.3. The Labute approximate surface area is 141 Å². The molecule has 1 saturated carbocycles. The minimum absolute atomic E-state index is 0.101. The fraction of sp³-hybridized carbons (Fsp3) is 0.789. The minimum Gasteiger partial charge on any atom is -0.377 e. The van der Waals surface area contributed by atoms with Crippen LogP contribution in [-0.2, 0) is 4.74 Å². The maximum absolute atomic E-state index is 14.3. The summed E-state index contributed by atoms with van der Waals surface area (Å²) in [5.41, 5.74) is -1.05. The van der Waals surface area contributed by atoms with Gasteiger partial charge in [-0.3, -0.25) is 0 Å². The standard InChI is InChI=1S/C19H26F4O/c1-12-3-6-14(7-4-12)17-10-8-15(11-24-17)16-9-5-13(2)18(20,21)19(16,22)23/h5,9,12,14-15,17H,3-4,6-8,10-11H2,1-2H3. The highest BCUT2D eigenvalue weighted by molar-refractivity contribution is 5.38. The van der Waals surface area contributed by atoms with E-state index in [4.69, 9.17) is 4.74 Å². The van der Waals surface area contributed by atoms with E-state index in [0.29, 0.717) is 18.8 Å². The first-order chi connectivity index (χ1) is 11.2. The van der Waals surface area contributed by atoms with Gasteiger partial charge in [-0.15, -0.1) is 0 Å². The first kappa shape index (κ1) is 18.0. The molecule has 2 atom stereocenters. The van der Waals surface area contributed by atoms with Gasteiger partial charge in [0.15, 0.2) is 0 Å². The number of hydrogen-bond acceptors (Lipinski definition) is 1. The van der Waals surface area contributed by atoms with Crippen LogP contribution in [-0.4, -0.2) is 24.6 Å². The Morgan fingerprint density at radius 2 is 1.58 bits per heavy atom. The molecule has 2 unspecified atom stereocenters. The van der Waals surface area contributed by atoms with Crippen LogP contribution in [0.1, 0.15) is 52.4 Å². The predicted molar refractivity (Wildman–Crippen MR) is 85.3 cm³/mol. The molecule has 0 aromatic carbocycles. The lowest BCUT2D eigenvalue weighted by Crippen LogP contribution is -2.48. The number of alkyl halides is 4. The van der Waals surface area contributed by atoms with Gasteiger partial charge in [0.25, 0.3) is 0 Å². The second kappa shape index (κ2) is 6.47. The molecule has 3 rings (SSSR count). The van der Waals surface area contributed by atoms with Gasteiger partial charge in [-0.2, -0.15) is 17.6 Å². The normalized spacial score (nSPS) is 39.1. The molecule has 1 saturated heterocycles. The smallest absolute Gasteiger partial charge is 0.336 e. The molecule has 0 aromatic heterocycles. The van der Waals surface area contributed by atoms with Crippen molar-refractivity contribution in [2.24, 2.45) is 17.8 Å². The summed E-state index contributed by atoms with van der Waals surface area (Å²) in [7, 11) is 0. The SMILES string of the molecule is CC1=CC=C(C2CCC(C3CCC(C)CC3)OC2)C(F)(F)C1(F)F. The molecule has 1 aliphatic heterocycles. The summed E-state index contributed by atoms with van der Waals surface area (Å²) in [6.07, 6.45) is 8.22. The van der Waals surface area contributed by atoms with Gasteiger partial charge in [-0.05, 0) is 44.4 Å². The van der Waals surface area contributed by atoms with Gasteiger partial charge >= 0.3 is 11.8 Å². The zero-order valence-electron chi connectivity index (χ0n) is 14.3.